The van der Waals surface area contributed by atoms with Crippen LogP contribution < -0.4 is 15.4 Å². The minimum absolute atomic E-state index is 0.0355. The van der Waals surface area contributed by atoms with Crippen molar-refractivity contribution in [3.8, 4) is 5.75 Å². The minimum Gasteiger partial charge on any atom is -0.484 e. The summed E-state index contributed by atoms with van der Waals surface area (Å²) in [5.41, 5.74) is 0. The van der Waals surface area contributed by atoms with Gasteiger partial charge in [0.15, 0.2) is 6.61 Å². The quantitative estimate of drug-likeness (QED) is 0.568. The highest BCUT2D eigenvalue weighted by Gasteiger charge is 2.28. The second-order valence-electron chi connectivity index (χ2n) is 8.89. The van der Waals surface area contributed by atoms with Crippen LogP contribution in [0.3, 0.4) is 0 Å². The van der Waals surface area contributed by atoms with Gasteiger partial charge in [-0.25, -0.2) is 0 Å². The van der Waals surface area contributed by atoms with Crippen LogP contribution in [0.25, 0.3) is 0 Å². The second-order valence-corrected chi connectivity index (χ2v) is 9.87. The van der Waals surface area contributed by atoms with Gasteiger partial charge in [-0.3, -0.25) is 14.5 Å². The van der Waals surface area contributed by atoms with Crippen molar-refractivity contribution in [2.45, 2.75) is 45.7 Å². The lowest BCUT2D eigenvalue weighted by atomic mass is 9.97. The lowest BCUT2D eigenvalue weighted by Crippen LogP contribution is -2.52. The van der Waals surface area contributed by atoms with Gasteiger partial charge in [-0.2, -0.15) is 0 Å². The number of likely N-dealkylation sites (tertiary alicyclic amines) is 1. The number of hydrogen-bond acceptors (Lipinski definition) is 5. The van der Waals surface area contributed by atoms with E-state index in [1.165, 1.54) is 17.7 Å². The molecule has 7 heteroatoms. The van der Waals surface area contributed by atoms with Crippen LogP contribution in [-0.2, 0) is 9.59 Å². The molecule has 0 spiro atoms. The van der Waals surface area contributed by atoms with Crippen LogP contribution in [-0.4, -0.2) is 49.0 Å². The maximum absolute atomic E-state index is 13.0. The zero-order valence-corrected chi connectivity index (χ0v) is 20.1. The van der Waals surface area contributed by atoms with Crippen molar-refractivity contribution >= 4 is 23.2 Å². The number of carbonyl (C=O) groups excluding carboxylic acids is 2. The smallest absolute Gasteiger partial charge is 0.258 e. The Labute approximate surface area is 195 Å². The fraction of sp³-hybridized carbons (Fsp3) is 0.520. The summed E-state index contributed by atoms with van der Waals surface area (Å²) in [6, 6.07) is 12.9. The van der Waals surface area contributed by atoms with Crippen molar-refractivity contribution in [2.75, 3.05) is 26.2 Å². The summed E-state index contributed by atoms with van der Waals surface area (Å²) >= 11 is 1.73. The Kier molecular flexibility index (Phi) is 9.11. The van der Waals surface area contributed by atoms with E-state index in [0.29, 0.717) is 12.3 Å². The number of nitrogens with one attached hydrogen (secondary N) is 2. The van der Waals surface area contributed by atoms with E-state index < -0.39 is 6.04 Å². The minimum atomic E-state index is -0.604. The SMILES string of the molecule is CC1CCN(C(CNC(=O)[C@@H](NC(=O)COc2ccccc2)C(C)C)c2cccs2)CC1. The van der Waals surface area contributed by atoms with Crippen molar-refractivity contribution < 1.29 is 14.3 Å². The van der Waals surface area contributed by atoms with Crippen molar-refractivity contribution in [1.82, 2.24) is 15.5 Å². The molecule has 1 aliphatic rings. The zero-order chi connectivity index (χ0) is 22.9. The molecule has 1 aromatic carbocycles. The van der Waals surface area contributed by atoms with E-state index in [0.717, 1.165) is 19.0 Å². The molecule has 1 unspecified atom stereocenters. The lowest BCUT2D eigenvalue weighted by Gasteiger charge is -2.36. The van der Waals surface area contributed by atoms with Crippen LogP contribution in [0.2, 0.25) is 0 Å². The molecule has 0 bridgehead atoms. The number of rotatable bonds is 10. The topological polar surface area (TPSA) is 70.7 Å². The van der Waals surface area contributed by atoms with Crippen molar-refractivity contribution in [3.63, 3.8) is 0 Å². The van der Waals surface area contributed by atoms with E-state index in [4.69, 9.17) is 4.74 Å². The number of benzene rings is 1. The summed E-state index contributed by atoms with van der Waals surface area (Å²) in [5.74, 6) is 0.889. The second kappa shape index (κ2) is 12.0. The van der Waals surface area contributed by atoms with Gasteiger partial charge in [-0.15, -0.1) is 11.3 Å². The number of ether oxygens (including phenoxy) is 1. The molecule has 6 nitrogen and oxygen atoms in total. The summed E-state index contributed by atoms with van der Waals surface area (Å²) in [5, 5.41) is 8.04. The Morgan fingerprint density at radius 1 is 1.12 bits per heavy atom. The predicted molar refractivity (Wildman–Crippen MR) is 129 cm³/mol. The first-order valence-electron chi connectivity index (χ1n) is 11.5. The monoisotopic (exact) mass is 457 g/mol. The molecule has 0 saturated carbocycles. The number of piperidine rings is 1. The van der Waals surface area contributed by atoms with Gasteiger partial charge in [-0.05, 0) is 61.3 Å². The first kappa shape index (κ1) is 24.3. The van der Waals surface area contributed by atoms with Gasteiger partial charge in [-0.1, -0.05) is 45.0 Å². The number of carbonyl (C=O) groups is 2. The molecule has 1 aromatic heterocycles. The van der Waals surface area contributed by atoms with Gasteiger partial charge in [0.05, 0.1) is 6.04 Å². The molecular weight excluding hydrogens is 422 g/mol. The molecule has 32 heavy (non-hydrogen) atoms. The highest BCUT2D eigenvalue weighted by atomic mass is 32.1. The average Bonchev–Trinajstić information content (AvgIpc) is 3.32. The highest BCUT2D eigenvalue weighted by Crippen LogP contribution is 2.29. The third-order valence-electron chi connectivity index (χ3n) is 5.98. The van der Waals surface area contributed by atoms with Gasteiger partial charge in [0.25, 0.3) is 5.91 Å². The van der Waals surface area contributed by atoms with Crippen LogP contribution in [0.4, 0.5) is 0 Å². The zero-order valence-electron chi connectivity index (χ0n) is 19.3. The van der Waals surface area contributed by atoms with Crippen LogP contribution in [0.5, 0.6) is 5.75 Å². The fourth-order valence-electron chi connectivity index (χ4n) is 3.95. The van der Waals surface area contributed by atoms with Crippen LogP contribution in [0, 0.1) is 11.8 Å². The summed E-state index contributed by atoms with van der Waals surface area (Å²) in [6.45, 7) is 8.67. The van der Waals surface area contributed by atoms with Crippen LogP contribution in [0.1, 0.15) is 44.5 Å². The number of para-hydroxylation sites is 1. The maximum Gasteiger partial charge on any atom is 0.258 e. The average molecular weight is 458 g/mol. The predicted octanol–water partition coefficient (Wildman–Crippen LogP) is 3.86. The van der Waals surface area contributed by atoms with E-state index in [-0.39, 0.29) is 30.4 Å². The summed E-state index contributed by atoms with van der Waals surface area (Å²) in [4.78, 5) is 29.2. The van der Waals surface area contributed by atoms with E-state index in [2.05, 4.69) is 40.0 Å². The number of thiophene rings is 1. The maximum atomic E-state index is 13.0. The largest absolute Gasteiger partial charge is 0.484 e. The summed E-state index contributed by atoms with van der Waals surface area (Å²) in [6.07, 6.45) is 2.36. The lowest BCUT2D eigenvalue weighted by molar-refractivity contribution is -0.131. The van der Waals surface area contributed by atoms with Crippen molar-refractivity contribution in [2.24, 2.45) is 11.8 Å². The number of nitrogens with zero attached hydrogens (tertiary/aromatic N) is 1. The van der Waals surface area contributed by atoms with Crippen molar-refractivity contribution in [3.05, 3.63) is 52.7 Å². The van der Waals surface area contributed by atoms with Gasteiger partial charge in [0.1, 0.15) is 11.8 Å². The van der Waals surface area contributed by atoms with Gasteiger partial charge in [0, 0.05) is 11.4 Å². The third-order valence-corrected chi connectivity index (χ3v) is 6.95. The van der Waals surface area contributed by atoms with Crippen molar-refractivity contribution in [1.29, 1.82) is 0 Å². The Hall–Kier alpha value is -2.38. The Balaban J connectivity index is 1.56. The molecule has 1 fully saturated rings. The molecule has 2 N–H and O–H groups in total. The molecule has 2 aromatic rings. The molecule has 174 valence electrons. The normalized spacial score (nSPS) is 17.0. The first-order valence-corrected chi connectivity index (χ1v) is 12.3. The molecule has 0 radical (unpaired) electrons. The van der Waals surface area contributed by atoms with E-state index in [9.17, 15) is 9.59 Å². The highest BCUT2D eigenvalue weighted by molar-refractivity contribution is 7.10. The summed E-state index contributed by atoms with van der Waals surface area (Å²) in [7, 11) is 0. The van der Waals surface area contributed by atoms with Gasteiger partial charge >= 0.3 is 0 Å². The number of hydrogen-bond donors (Lipinski definition) is 2. The molecule has 2 atom stereocenters. The fourth-order valence-corrected chi connectivity index (χ4v) is 4.81. The Morgan fingerprint density at radius 2 is 1.84 bits per heavy atom. The molecule has 3 rings (SSSR count). The Bertz CT molecular complexity index is 833. The van der Waals surface area contributed by atoms with Gasteiger partial charge < -0.3 is 15.4 Å². The van der Waals surface area contributed by atoms with E-state index in [1.807, 2.05) is 32.0 Å². The molecule has 1 aliphatic heterocycles. The Morgan fingerprint density at radius 3 is 2.47 bits per heavy atom. The third kappa shape index (κ3) is 7.07. The standard InChI is InChI=1S/C25H35N3O3S/c1-18(2)24(27-23(29)17-31-20-8-5-4-6-9-20)25(30)26-16-21(22-10-7-15-32-22)28-13-11-19(3)12-14-28/h4-10,15,18-19,21,24H,11-14,16-17H2,1-3H3,(H,26,30)(H,27,29)/t21?,24-/m0/s1. The molecular formula is C25H35N3O3S. The molecule has 2 heterocycles. The molecule has 1 saturated heterocycles. The molecule has 2 amide bonds. The molecule has 0 aliphatic carbocycles. The van der Waals surface area contributed by atoms with Gasteiger partial charge in [0.2, 0.25) is 5.91 Å². The number of amides is 2. The van der Waals surface area contributed by atoms with Crippen LogP contribution in [0.15, 0.2) is 47.8 Å². The first-order chi connectivity index (χ1) is 15.4. The van der Waals surface area contributed by atoms with E-state index in [1.54, 1.807) is 23.5 Å². The summed E-state index contributed by atoms with van der Waals surface area (Å²) < 4.78 is 5.51. The van der Waals surface area contributed by atoms with E-state index >= 15 is 0 Å². The van der Waals surface area contributed by atoms with Crippen LogP contribution >= 0.6 is 11.3 Å².